The smallest absolute Gasteiger partial charge is 0.268 e. The highest BCUT2D eigenvalue weighted by molar-refractivity contribution is 9.10. The predicted molar refractivity (Wildman–Crippen MR) is 96.1 cm³/mol. The second-order valence-corrected chi connectivity index (χ2v) is 6.63. The van der Waals surface area contributed by atoms with Gasteiger partial charge in [-0.2, -0.15) is 0 Å². The summed E-state index contributed by atoms with van der Waals surface area (Å²) in [5, 5.41) is 0. The number of carbonyl (C=O) groups is 1. The molecule has 24 heavy (non-hydrogen) atoms. The first kappa shape index (κ1) is 17.0. The number of aryl methyl sites for hydroxylation is 1. The van der Waals surface area contributed by atoms with E-state index in [1.54, 1.807) is 0 Å². The van der Waals surface area contributed by atoms with Crippen molar-refractivity contribution in [2.24, 2.45) is 0 Å². The largest absolute Gasteiger partial charge is 0.475 e. The van der Waals surface area contributed by atoms with Crippen LogP contribution in [0.4, 0.5) is 0 Å². The van der Waals surface area contributed by atoms with Crippen LogP contribution in [-0.4, -0.2) is 37.1 Å². The highest BCUT2D eigenvalue weighted by atomic mass is 79.9. The molecule has 1 heterocycles. The number of halogens is 1. The molecule has 1 saturated heterocycles. The van der Waals surface area contributed by atoms with Crippen molar-refractivity contribution in [2.45, 2.75) is 13.0 Å². The van der Waals surface area contributed by atoms with Gasteiger partial charge in [-0.05, 0) is 40.5 Å². The number of benzene rings is 2. The third kappa shape index (κ3) is 3.97. The lowest BCUT2D eigenvalue weighted by molar-refractivity contribution is -0.143. The summed E-state index contributed by atoms with van der Waals surface area (Å²) in [6.45, 7) is 4.35. The molecule has 0 spiro atoms. The molecule has 0 aromatic heterocycles. The van der Waals surface area contributed by atoms with Crippen molar-refractivity contribution in [2.75, 3.05) is 26.3 Å². The summed E-state index contributed by atoms with van der Waals surface area (Å²) in [4.78, 5) is 14.8. The number of carbonyl (C=O) groups excluding carboxylic acids is 1. The van der Waals surface area contributed by atoms with Gasteiger partial charge in [0.2, 0.25) is 6.10 Å². The molecule has 3 rings (SSSR count). The first-order valence-electron chi connectivity index (χ1n) is 7.99. The Bertz CT molecular complexity index is 699. The van der Waals surface area contributed by atoms with E-state index in [9.17, 15) is 4.79 Å². The molecule has 5 heteroatoms. The minimum absolute atomic E-state index is 0.0306. The molecule has 4 nitrogen and oxygen atoms in total. The van der Waals surface area contributed by atoms with E-state index in [2.05, 4.69) is 15.9 Å². The maximum atomic E-state index is 13.0. The van der Waals surface area contributed by atoms with Crippen LogP contribution in [0, 0.1) is 6.92 Å². The molecule has 0 aliphatic carbocycles. The molecule has 2 aromatic rings. The van der Waals surface area contributed by atoms with Gasteiger partial charge in [-0.25, -0.2) is 0 Å². The molecule has 0 radical (unpaired) electrons. The Hall–Kier alpha value is -1.85. The van der Waals surface area contributed by atoms with Gasteiger partial charge in [-0.1, -0.05) is 36.4 Å². The fourth-order valence-electron chi connectivity index (χ4n) is 2.67. The average Bonchev–Trinajstić information content (AvgIpc) is 2.62. The zero-order valence-corrected chi connectivity index (χ0v) is 15.2. The van der Waals surface area contributed by atoms with Crippen LogP contribution in [0.15, 0.2) is 53.0 Å². The lowest BCUT2D eigenvalue weighted by Gasteiger charge is -2.31. The van der Waals surface area contributed by atoms with Gasteiger partial charge in [0.1, 0.15) is 5.75 Å². The number of nitrogens with zero attached hydrogens (tertiary/aromatic N) is 1. The molecular weight excluding hydrogens is 370 g/mol. The van der Waals surface area contributed by atoms with E-state index in [0.717, 1.165) is 15.6 Å². The summed E-state index contributed by atoms with van der Waals surface area (Å²) < 4.78 is 12.3. The number of ether oxygens (including phenoxy) is 2. The summed E-state index contributed by atoms with van der Waals surface area (Å²) in [6.07, 6.45) is -0.664. The first-order chi connectivity index (χ1) is 11.6. The van der Waals surface area contributed by atoms with Gasteiger partial charge >= 0.3 is 0 Å². The Morgan fingerprint density at radius 2 is 1.88 bits per heavy atom. The van der Waals surface area contributed by atoms with E-state index in [-0.39, 0.29) is 5.91 Å². The highest BCUT2D eigenvalue weighted by Gasteiger charge is 2.29. The predicted octanol–water partition coefficient (Wildman–Crippen LogP) is 3.74. The van der Waals surface area contributed by atoms with Crippen molar-refractivity contribution in [3.8, 4) is 5.75 Å². The Kier molecular flexibility index (Phi) is 5.53. The van der Waals surface area contributed by atoms with Gasteiger partial charge in [0.05, 0.1) is 17.7 Å². The summed E-state index contributed by atoms with van der Waals surface area (Å²) in [5.74, 6) is 0.632. The highest BCUT2D eigenvalue weighted by Crippen LogP contribution is 2.31. The van der Waals surface area contributed by atoms with Gasteiger partial charge in [0.25, 0.3) is 5.91 Å². The van der Waals surface area contributed by atoms with Gasteiger partial charge in [0, 0.05) is 18.7 Å². The third-order valence-electron chi connectivity index (χ3n) is 3.98. The second kappa shape index (κ2) is 7.81. The minimum atomic E-state index is -0.664. The maximum Gasteiger partial charge on any atom is 0.268 e. The summed E-state index contributed by atoms with van der Waals surface area (Å²) >= 11 is 3.52. The molecule has 1 aliphatic rings. The number of hydrogen-bond acceptors (Lipinski definition) is 3. The number of morpholine rings is 1. The van der Waals surface area contributed by atoms with E-state index in [1.807, 2.05) is 60.4 Å². The summed E-state index contributed by atoms with van der Waals surface area (Å²) in [5.41, 5.74) is 1.98. The minimum Gasteiger partial charge on any atom is -0.475 e. The fourth-order valence-corrected chi connectivity index (χ4v) is 3.25. The molecule has 1 atom stereocenters. The van der Waals surface area contributed by atoms with E-state index in [4.69, 9.17) is 9.47 Å². The van der Waals surface area contributed by atoms with Gasteiger partial charge < -0.3 is 14.4 Å². The number of hydrogen-bond donors (Lipinski definition) is 0. The van der Waals surface area contributed by atoms with Crippen molar-refractivity contribution in [3.63, 3.8) is 0 Å². The molecule has 0 saturated carbocycles. The van der Waals surface area contributed by atoms with Crippen molar-refractivity contribution >= 4 is 21.8 Å². The first-order valence-corrected chi connectivity index (χ1v) is 8.79. The fraction of sp³-hybridized carbons (Fsp3) is 0.316. The molecule has 1 aliphatic heterocycles. The zero-order chi connectivity index (χ0) is 16.9. The summed E-state index contributed by atoms with van der Waals surface area (Å²) in [6, 6.07) is 15.5. The number of amides is 1. The van der Waals surface area contributed by atoms with E-state index in [0.29, 0.717) is 32.1 Å². The van der Waals surface area contributed by atoms with Crippen LogP contribution < -0.4 is 4.74 Å². The monoisotopic (exact) mass is 389 g/mol. The van der Waals surface area contributed by atoms with Crippen LogP contribution in [0.5, 0.6) is 5.75 Å². The van der Waals surface area contributed by atoms with E-state index < -0.39 is 6.10 Å². The summed E-state index contributed by atoms with van der Waals surface area (Å²) in [7, 11) is 0. The molecule has 2 aromatic carbocycles. The maximum absolute atomic E-state index is 13.0. The van der Waals surface area contributed by atoms with Crippen molar-refractivity contribution < 1.29 is 14.3 Å². The van der Waals surface area contributed by atoms with Gasteiger partial charge in [-0.3, -0.25) is 4.79 Å². The van der Waals surface area contributed by atoms with Crippen LogP contribution in [0.1, 0.15) is 17.2 Å². The Morgan fingerprint density at radius 1 is 1.17 bits per heavy atom. The topological polar surface area (TPSA) is 38.8 Å². The van der Waals surface area contributed by atoms with Crippen LogP contribution in [0.3, 0.4) is 0 Å². The van der Waals surface area contributed by atoms with Crippen LogP contribution in [-0.2, 0) is 9.53 Å². The Balaban J connectivity index is 1.88. The van der Waals surface area contributed by atoms with Crippen LogP contribution in [0.2, 0.25) is 0 Å². The average molecular weight is 390 g/mol. The van der Waals surface area contributed by atoms with Crippen molar-refractivity contribution in [3.05, 3.63) is 64.1 Å². The van der Waals surface area contributed by atoms with Crippen molar-refractivity contribution in [1.29, 1.82) is 0 Å². The van der Waals surface area contributed by atoms with Crippen molar-refractivity contribution in [1.82, 2.24) is 4.90 Å². The normalized spacial score (nSPS) is 15.8. The Morgan fingerprint density at radius 3 is 2.54 bits per heavy atom. The second-order valence-electron chi connectivity index (χ2n) is 5.78. The Labute approximate surface area is 150 Å². The van der Waals surface area contributed by atoms with Gasteiger partial charge in [0.15, 0.2) is 0 Å². The van der Waals surface area contributed by atoms with E-state index >= 15 is 0 Å². The quantitative estimate of drug-likeness (QED) is 0.799. The lowest BCUT2D eigenvalue weighted by atomic mass is 10.1. The van der Waals surface area contributed by atoms with Crippen LogP contribution >= 0.6 is 15.9 Å². The molecule has 1 amide bonds. The van der Waals surface area contributed by atoms with E-state index in [1.165, 1.54) is 0 Å². The zero-order valence-electron chi connectivity index (χ0n) is 13.6. The standard InChI is InChI=1S/C19H20BrNO3/c1-14-7-8-17(16(20)13-14)24-18(15-5-3-2-4-6-15)19(22)21-9-11-23-12-10-21/h2-8,13,18H,9-12H2,1H3/t18-/m0/s1. The molecule has 0 N–H and O–H groups in total. The van der Waals surface area contributed by atoms with Crippen LogP contribution in [0.25, 0.3) is 0 Å². The molecule has 1 fully saturated rings. The SMILES string of the molecule is Cc1ccc(O[C@H](C(=O)N2CCOCC2)c2ccccc2)c(Br)c1. The molecule has 0 unspecified atom stereocenters. The molecular formula is C19H20BrNO3. The molecule has 0 bridgehead atoms. The lowest BCUT2D eigenvalue weighted by Crippen LogP contribution is -2.44. The van der Waals surface area contributed by atoms with Gasteiger partial charge in [-0.15, -0.1) is 0 Å². The third-order valence-corrected chi connectivity index (χ3v) is 4.60. The molecule has 126 valence electrons. The number of rotatable bonds is 4.